The Kier molecular flexibility index (Phi) is 4.72. The maximum Gasteiger partial charge on any atom is 0.132 e. The minimum Gasteiger partial charge on any atom is -0.496 e. The van der Waals surface area contributed by atoms with E-state index in [9.17, 15) is 0 Å². The Bertz CT molecular complexity index is 676. The van der Waals surface area contributed by atoms with Gasteiger partial charge in [0.25, 0.3) is 0 Å². The topological polar surface area (TPSA) is 70.8 Å². The highest BCUT2D eigenvalue weighted by Gasteiger charge is 2.14. The highest BCUT2D eigenvalue weighted by Crippen LogP contribution is 2.33. The van der Waals surface area contributed by atoms with Crippen LogP contribution in [-0.2, 0) is 0 Å². The number of nitrogens with zero attached hydrogens (tertiary/aromatic N) is 3. The van der Waals surface area contributed by atoms with E-state index < -0.39 is 0 Å². The van der Waals surface area contributed by atoms with Crippen LogP contribution in [0.1, 0.15) is 24.5 Å². The molecule has 2 rings (SSSR count). The fraction of sp³-hybridized carbons (Fsp3) is 0.312. The van der Waals surface area contributed by atoms with Crippen LogP contribution in [0.4, 0.5) is 5.82 Å². The molecule has 0 aliphatic heterocycles. The molecule has 1 heterocycles. The number of nitrogens with one attached hydrogen (secondary N) is 1. The van der Waals surface area contributed by atoms with Crippen molar-refractivity contribution in [2.45, 2.75) is 20.3 Å². The molecule has 108 valence electrons. The summed E-state index contributed by atoms with van der Waals surface area (Å²) in [5.41, 5.74) is 3.10. The molecule has 0 saturated heterocycles. The highest BCUT2D eigenvalue weighted by molar-refractivity contribution is 5.74. The van der Waals surface area contributed by atoms with E-state index in [4.69, 9.17) is 10.00 Å². The third kappa shape index (κ3) is 3.11. The molecule has 0 aliphatic rings. The van der Waals surface area contributed by atoms with Gasteiger partial charge in [0.05, 0.1) is 24.4 Å². The van der Waals surface area contributed by atoms with E-state index in [0.29, 0.717) is 11.3 Å². The molecule has 0 radical (unpaired) electrons. The van der Waals surface area contributed by atoms with Crippen LogP contribution in [0.2, 0.25) is 0 Å². The number of rotatable bonds is 5. The molecule has 0 saturated carbocycles. The van der Waals surface area contributed by atoms with E-state index in [-0.39, 0.29) is 0 Å². The molecule has 1 aromatic carbocycles. The minimum absolute atomic E-state index is 0.576. The van der Waals surface area contributed by atoms with Gasteiger partial charge in [-0.1, -0.05) is 6.92 Å². The molecule has 5 heteroatoms. The summed E-state index contributed by atoms with van der Waals surface area (Å²) >= 11 is 0. The summed E-state index contributed by atoms with van der Waals surface area (Å²) in [5.74, 6) is 1.50. The largest absolute Gasteiger partial charge is 0.496 e. The number of benzene rings is 1. The molecule has 0 aliphatic carbocycles. The van der Waals surface area contributed by atoms with Crippen LogP contribution in [0.25, 0.3) is 11.3 Å². The monoisotopic (exact) mass is 282 g/mol. The van der Waals surface area contributed by atoms with Crippen molar-refractivity contribution in [3.8, 4) is 23.1 Å². The van der Waals surface area contributed by atoms with Crippen LogP contribution in [0.3, 0.4) is 0 Å². The summed E-state index contributed by atoms with van der Waals surface area (Å²) in [4.78, 5) is 8.63. The lowest BCUT2D eigenvalue weighted by Crippen LogP contribution is -2.06. The van der Waals surface area contributed by atoms with Crippen LogP contribution < -0.4 is 10.1 Å². The van der Waals surface area contributed by atoms with Gasteiger partial charge in [-0.05, 0) is 31.5 Å². The summed E-state index contributed by atoms with van der Waals surface area (Å²) in [6.45, 7) is 4.92. The molecule has 0 spiro atoms. The summed E-state index contributed by atoms with van der Waals surface area (Å²) in [6, 6.07) is 7.45. The van der Waals surface area contributed by atoms with E-state index in [1.807, 2.05) is 6.92 Å². The Morgan fingerprint density at radius 1 is 1.33 bits per heavy atom. The third-order valence-corrected chi connectivity index (χ3v) is 3.21. The summed E-state index contributed by atoms with van der Waals surface area (Å²) < 4.78 is 5.39. The van der Waals surface area contributed by atoms with Crippen molar-refractivity contribution >= 4 is 5.82 Å². The lowest BCUT2D eigenvalue weighted by Gasteiger charge is -2.13. The Morgan fingerprint density at radius 2 is 2.14 bits per heavy atom. The lowest BCUT2D eigenvalue weighted by atomic mass is 10.0. The summed E-state index contributed by atoms with van der Waals surface area (Å²) in [5, 5.41) is 12.4. The van der Waals surface area contributed by atoms with Crippen molar-refractivity contribution in [3.05, 3.63) is 35.7 Å². The molecular formula is C16H18N4O. The van der Waals surface area contributed by atoms with Gasteiger partial charge in [0.2, 0.25) is 0 Å². The number of hydrogen-bond acceptors (Lipinski definition) is 5. The highest BCUT2D eigenvalue weighted by atomic mass is 16.5. The molecule has 1 aromatic heterocycles. The maximum absolute atomic E-state index is 9.08. The first-order valence-electron chi connectivity index (χ1n) is 6.85. The Balaban J connectivity index is 2.53. The van der Waals surface area contributed by atoms with Crippen LogP contribution in [-0.4, -0.2) is 23.6 Å². The number of anilines is 1. The molecule has 2 aromatic rings. The second-order valence-electron chi connectivity index (χ2n) is 4.65. The molecule has 0 atom stereocenters. The number of nitriles is 1. The molecule has 5 nitrogen and oxygen atoms in total. The molecule has 0 fully saturated rings. The number of aromatic nitrogens is 2. The van der Waals surface area contributed by atoms with E-state index in [0.717, 1.165) is 35.6 Å². The number of ether oxygens (including phenoxy) is 1. The van der Waals surface area contributed by atoms with Crippen LogP contribution in [0.15, 0.2) is 24.5 Å². The number of methoxy groups -OCH3 is 1. The predicted octanol–water partition coefficient (Wildman–Crippen LogP) is 3.15. The first-order chi connectivity index (χ1) is 10.2. The number of hydrogen-bond donors (Lipinski definition) is 1. The van der Waals surface area contributed by atoms with Crippen LogP contribution in [0, 0.1) is 18.3 Å². The van der Waals surface area contributed by atoms with Gasteiger partial charge in [-0.25, -0.2) is 9.97 Å². The van der Waals surface area contributed by atoms with Crippen LogP contribution >= 0.6 is 0 Å². The van der Waals surface area contributed by atoms with Crippen molar-refractivity contribution < 1.29 is 4.74 Å². The van der Waals surface area contributed by atoms with Gasteiger partial charge in [0, 0.05) is 17.7 Å². The van der Waals surface area contributed by atoms with E-state index in [2.05, 4.69) is 28.3 Å². The molecule has 0 bridgehead atoms. The second kappa shape index (κ2) is 6.71. The second-order valence-corrected chi connectivity index (χ2v) is 4.65. The Labute approximate surface area is 124 Å². The van der Waals surface area contributed by atoms with Gasteiger partial charge in [-0.2, -0.15) is 5.26 Å². The SMILES string of the molecule is CCCNc1ncnc(-c2cc(C#N)ccc2OC)c1C. The predicted molar refractivity (Wildman–Crippen MR) is 82.3 cm³/mol. The van der Waals surface area contributed by atoms with E-state index >= 15 is 0 Å². The van der Waals surface area contributed by atoms with Crippen LogP contribution in [0.5, 0.6) is 5.75 Å². The zero-order chi connectivity index (χ0) is 15.2. The van der Waals surface area contributed by atoms with Crippen molar-refractivity contribution in [1.82, 2.24) is 9.97 Å². The van der Waals surface area contributed by atoms with E-state index in [1.165, 1.54) is 6.33 Å². The molecule has 21 heavy (non-hydrogen) atoms. The van der Waals surface area contributed by atoms with Crippen molar-refractivity contribution in [1.29, 1.82) is 5.26 Å². The average molecular weight is 282 g/mol. The zero-order valence-electron chi connectivity index (χ0n) is 12.5. The Morgan fingerprint density at radius 3 is 2.81 bits per heavy atom. The first kappa shape index (κ1) is 14.8. The van der Waals surface area contributed by atoms with Crippen molar-refractivity contribution in [2.24, 2.45) is 0 Å². The first-order valence-corrected chi connectivity index (χ1v) is 6.85. The summed E-state index contributed by atoms with van der Waals surface area (Å²) in [6.07, 6.45) is 2.55. The smallest absolute Gasteiger partial charge is 0.132 e. The van der Waals surface area contributed by atoms with Crippen molar-refractivity contribution in [2.75, 3.05) is 19.0 Å². The van der Waals surface area contributed by atoms with Gasteiger partial charge < -0.3 is 10.1 Å². The van der Waals surface area contributed by atoms with Crippen molar-refractivity contribution in [3.63, 3.8) is 0 Å². The average Bonchev–Trinajstić information content (AvgIpc) is 2.53. The van der Waals surface area contributed by atoms with Gasteiger partial charge in [-0.3, -0.25) is 0 Å². The molecule has 0 amide bonds. The van der Waals surface area contributed by atoms with Gasteiger partial charge in [0.1, 0.15) is 17.9 Å². The fourth-order valence-corrected chi connectivity index (χ4v) is 2.11. The van der Waals surface area contributed by atoms with E-state index in [1.54, 1.807) is 25.3 Å². The molecular weight excluding hydrogens is 264 g/mol. The minimum atomic E-state index is 0.576. The normalized spacial score (nSPS) is 10.0. The standard InChI is InChI=1S/C16H18N4O/c1-4-7-18-16-11(2)15(19-10-20-16)13-8-12(9-17)5-6-14(13)21-3/h5-6,8,10H,4,7H2,1-3H3,(H,18,19,20). The maximum atomic E-state index is 9.08. The quantitative estimate of drug-likeness (QED) is 0.912. The third-order valence-electron chi connectivity index (χ3n) is 3.21. The van der Waals surface area contributed by atoms with Gasteiger partial charge >= 0.3 is 0 Å². The zero-order valence-corrected chi connectivity index (χ0v) is 12.5. The molecule has 1 N–H and O–H groups in total. The summed E-state index contributed by atoms with van der Waals surface area (Å²) in [7, 11) is 1.61. The van der Waals surface area contributed by atoms with Gasteiger partial charge in [0.15, 0.2) is 0 Å². The molecule has 0 unspecified atom stereocenters. The fourth-order valence-electron chi connectivity index (χ4n) is 2.11. The Hall–Kier alpha value is -2.61. The lowest BCUT2D eigenvalue weighted by molar-refractivity contribution is 0.416. The van der Waals surface area contributed by atoms with Gasteiger partial charge in [-0.15, -0.1) is 0 Å².